The molecule has 0 aliphatic heterocycles. The van der Waals surface area contributed by atoms with E-state index in [1.54, 1.807) is 12.4 Å². The Labute approximate surface area is 129 Å². The van der Waals surface area contributed by atoms with Gasteiger partial charge in [-0.05, 0) is 33.9 Å². The number of carbonyl (C=O) groups excluding carboxylic acids is 1. The molecule has 0 radical (unpaired) electrons. The van der Waals surface area contributed by atoms with E-state index in [1.807, 2.05) is 12.1 Å². The fourth-order valence-electron chi connectivity index (χ4n) is 2.15. The summed E-state index contributed by atoms with van der Waals surface area (Å²) in [6, 6.07) is 3.69. The summed E-state index contributed by atoms with van der Waals surface area (Å²) < 4.78 is 1.26. The van der Waals surface area contributed by atoms with E-state index >= 15 is 0 Å². The third kappa shape index (κ3) is 4.51. The van der Waals surface area contributed by atoms with E-state index in [9.17, 15) is 4.79 Å². The van der Waals surface area contributed by atoms with Crippen molar-refractivity contribution in [2.45, 2.75) is 39.8 Å². The van der Waals surface area contributed by atoms with Gasteiger partial charge in [0.2, 0.25) is 11.9 Å². The van der Waals surface area contributed by atoms with Crippen LogP contribution in [0.4, 0.5) is 5.95 Å². The molecular weight excluding hydrogens is 282 g/mol. The number of amides is 1. The van der Waals surface area contributed by atoms with Gasteiger partial charge in [0.1, 0.15) is 6.54 Å². The molecular formula is C14H21N7O. The predicted molar refractivity (Wildman–Crippen MR) is 81.4 cm³/mol. The molecule has 2 aromatic heterocycles. The van der Waals surface area contributed by atoms with Crippen LogP contribution < -0.4 is 11.1 Å². The first-order valence-electron chi connectivity index (χ1n) is 7.06. The number of pyridine rings is 1. The number of anilines is 1. The number of carbonyl (C=O) groups is 1. The third-order valence-electron chi connectivity index (χ3n) is 3.09. The Kier molecular flexibility index (Phi) is 4.69. The highest BCUT2D eigenvalue weighted by Gasteiger charge is 2.22. The van der Waals surface area contributed by atoms with Crippen molar-refractivity contribution in [3.05, 3.63) is 30.1 Å². The quantitative estimate of drug-likeness (QED) is 0.850. The summed E-state index contributed by atoms with van der Waals surface area (Å²) in [5, 5.41) is 13.6. The minimum Gasteiger partial charge on any atom is -0.367 e. The number of nitrogens with one attached hydrogen (secondary N) is 1. The molecule has 0 fully saturated rings. The summed E-state index contributed by atoms with van der Waals surface area (Å²) in [6.45, 7) is 6.37. The summed E-state index contributed by atoms with van der Waals surface area (Å²) in [5.74, 6) is -0.0824. The molecule has 0 saturated carbocycles. The Morgan fingerprint density at radius 1 is 1.45 bits per heavy atom. The second-order valence-corrected chi connectivity index (χ2v) is 6.37. The molecule has 8 heteroatoms. The van der Waals surface area contributed by atoms with Crippen molar-refractivity contribution < 1.29 is 4.79 Å². The molecule has 1 amide bonds. The monoisotopic (exact) mass is 303 g/mol. The average molecular weight is 303 g/mol. The van der Waals surface area contributed by atoms with E-state index in [0.29, 0.717) is 0 Å². The molecule has 2 heterocycles. The van der Waals surface area contributed by atoms with Gasteiger partial charge in [-0.2, -0.15) is 0 Å². The van der Waals surface area contributed by atoms with Crippen LogP contribution in [0.2, 0.25) is 0 Å². The van der Waals surface area contributed by atoms with E-state index in [2.05, 4.69) is 46.6 Å². The number of hydrogen-bond acceptors (Lipinski definition) is 6. The Bertz CT molecular complexity index is 618. The highest BCUT2D eigenvalue weighted by atomic mass is 16.2. The van der Waals surface area contributed by atoms with Crippen molar-refractivity contribution in [3.8, 4) is 0 Å². The molecule has 0 saturated heterocycles. The number of aromatic nitrogens is 5. The zero-order chi connectivity index (χ0) is 16.2. The summed E-state index contributed by atoms with van der Waals surface area (Å²) in [7, 11) is 0. The first-order valence-corrected chi connectivity index (χ1v) is 7.06. The van der Waals surface area contributed by atoms with Gasteiger partial charge in [0.25, 0.3) is 0 Å². The van der Waals surface area contributed by atoms with Crippen LogP contribution in [-0.4, -0.2) is 31.1 Å². The molecule has 1 atom stereocenters. The third-order valence-corrected chi connectivity index (χ3v) is 3.09. The fraction of sp³-hybridized carbons (Fsp3) is 0.500. The maximum absolute atomic E-state index is 12.2. The SMILES string of the molecule is CC(C)(C)C[C@@H](NC(=O)Cn1nnnc1N)c1cccnc1. The highest BCUT2D eigenvalue weighted by Crippen LogP contribution is 2.29. The van der Waals surface area contributed by atoms with E-state index in [0.717, 1.165) is 12.0 Å². The lowest BCUT2D eigenvalue weighted by atomic mass is 9.86. The van der Waals surface area contributed by atoms with Crippen LogP contribution in [0, 0.1) is 5.41 Å². The smallest absolute Gasteiger partial charge is 0.242 e. The fourth-order valence-corrected chi connectivity index (χ4v) is 2.15. The Balaban J connectivity index is 2.09. The Morgan fingerprint density at radius 2 is 2.23 bits per heavy atom. The second-order valence-electron chi connectivity index (χ2n) is 6.37. The maximum Gasteiger partial charge on any atom is 0.242 e. The lowest BCUT2D eigenvalue weighted by molar-refractivity contribution is -0.122. The van der Waals surface area contributed by atoms with E-state index < -0.39 is 0 Å². The molecule has 0 aliphatic carbocycles. The molecule has 2 aromatic rings. The Hall–Kier alpha value is -2.51. The van der Waals surface area contributed by atoms with Gasteiger partial charge in [0, 0.05) is 12.4 Å². The van der Waals surface area contributed by atoms with E-state index in [4.69, 9.17) is 5.73 Å². The summed E-state index contributed by atoms with van der Waals surface area (Å²) in [4.78, 5) is 16.4. The molecule has 8 nitrogen and oxygen atoms in total. The lowest BCUT2D eigenvalue weighted by Gasteiger charge is -2.27. The van der Waals surface area contributed by atoms with Crippen LogP contribution in [0.3, 0.4) is 0 Å². The number of tetrazole rings is 1. The number of rotatable bonds is 5. The van der Waals surface area contributed by atoms with Crippen molar-refractivity contribution in [2.24, 2.45) is 5.41 Å². The molecule has 0 aromatic carbocycles. The summed E-state index contributed by atoms with van der Waals surface area (Å²) in [6.07, 6.45) is 4.26. The van der Waals surface area contributed by atoms with Gasteiger partial charge in [-0.1, -0.05) is 31.9 Å². The minimum absolute atomic E-state index is 0.0141. The first kappa shape index (κ1) is 15.9. The normalized spacial score (nSPS) is 12.9. The van der Waals surface area contributed by atoms with Crippen molar-refractivity contribution in [2.75, 3.05) is 5.73 Å². The van der Waals surface area contributed by atoms with Gasteiger partial charge in [-0.3, -0.25) is 9.78 Å². The summed E-state index contributed by atoms with van der Waals surface area (Å²) >= 11 is 0. The molecule has 0 bridgehead atoms. The minimum atomic E-state index is -0.197. The number of hydrogen-bond donors (Lipinski definition) is 2. The largest absolute Gasteiger partial charge is 0.367 e. The topological polar surface area (TPSA) is 112 Å². The molecule has 0 spiro atoms. The molecule has 22 heavy (non-hydrogen) atoms. The number of nitrogens with two attached hydrogens (primary N) is 1. The zero-order valence-corrected chi connectivity index (χ0v) is 13.0. The Morgan fingerprint density at radius 3 is 2.77 bits per heavy atom. The van der Waals surface area contributed by atoms with Crippen molar-refractivity contribution >= 4 is 11.9 Å². The molecule has 0 aliphatic rings. The van der Waals surface area contributed by atoms with Crippen molar-refractivity contribution in [3.63, 3.8) is 0 Å². The van der Waals surface area contributed by atoms with E-state index in [-0.39, 0.29) is 29.9 Å². The maximum atomic E-state index is 12.2. The molecule has 3 N–H and O–H groups in total. The van der Waals surface area contributed by atoms with Gasteiger partial charge in [-0.15, -0.1) is 0 Å². The highest BCUT2D eigenvalue weighted by molar-refractivity contribution is 5.76. The van der Waals surface area contributed by atoms with Crippen LogP contribution in [0.25, 0.3) is 0 Å². The average Bonchev–Trinajstić information content (AvgIpc) is 2.83. The second kappa shape index (κ2) is 6.50. The zero-order valence-electron chi connectivity index (χ0n) is 13.0. The van der Waals surface area contributed by atoms with Crippen molar-refractivity contribution in [1.82, 2.24) is 30.5 Å². The van der Waals surface area contributed by atoms with Gasteiger partial charge in [0.15, 0.2) is 0 Å². The van der Waals surface area contributed by atoms with E-state index in [1.165, 1.54) is 4.68 Å². The molecule has 118 valence electrons. The van der Waals surface area contributed by atoms with Gasteiger partial charge in [-0.25, -0.2) is 4.68 Å². The van der Waals surface area contributed by atoms with Crippen LogP contribution in [-0.2, 0) is 11.3 Å². The first-order chi connectivity index (χ1) is 10.3. The van der Waals surface area contributed by atoms with Crippen LogP contribution >= 0.6 is 0 Å². The van der Waals surface area contributed by atoms with Crippen LogP contribution in [0.1, 0.15) is 38.8 Å². The van der Waals surface area contributed by atoms with Gasteiger partial charge in [0.05, 0.1) is 6.04 Å². The molecule has 0 unspecified atom stereocenters. The van der Waals surface area contributed by atoms with Gasteiger partial charge >= 0.3 is 0 Å². The standard InChI is InChI=1S/C14H21N7O/c1-14(2,3)7-11(10-5-4-6-16-8-10)17-12(22)9-21-13(15)18-19-20-21/h4-6,8,11H,7,9H2,1-3H3,(H,17,22)(H2,15,18,20)/t11-/m1/s1. The number of nitrogen functional groups attached to an aromatic ring is 1. The van der Waals surface area contributed by atoms with Crippen LogP contribution in [0.5, 0.6) is 0 Å². The van der Waals surface area contributed by atoms with Gasteiger partial charge < -0.3 is 11.1 Å². The summed E-state index contributed by atoms with van der Waals surface area (Å²) in [5.41, 5.74) is 6.59. The predicted octanol–water partition coefficient (Wildman–Crippen LogP) is 0.944. The number of nitrogens with zero attached hydrogens (tertiary/aromatic N) is 5. The van der Waals surface area contributed by atoms with Crippen LogP contribution in [0.15, 0.2) is 24.5 Å². The van der Waals surface area contributed by atoms with Crippen molar-refractivity contribution in [1.29, 1.82) is 0 Å². The molecule has 2 rings (SSSR count). The lowest BCUT2D eigenvalue weighted by Crippen LogP contribution is -2.34.